The lowest BCUT2D eigenvalue weighted by Gasteiger charge is -2.20. The number of sulfonamides is 1. The summed E-state index contributed by atoms with van der Waals surface area (Å²) in [6.45, 7) is 0.816. The molecule has 11 heteroatoms. The number of methoxy groups -OCH3 is 1. The number of nitrogens with zero attached hydrogens (tertiary/aromatic N) is 2. The average molecular weight is 436 g/mol. The third-order valence-electron chi connectivity index (χ3n) is 5.22. The van der Waals surface area contributed by atoms with E-state index in [4.69, 9.17) is 10.5 Å². The minimum atomic E-state index is -3.83. The summed E-state index contributed by atoms with van der Waals surface area (Å²) in [4.78, 5) is 39.0. The lowest BCUT2D eigenvalue weighted by Crippen LogP contribution is -2.35. The molecule has 1 saturated heterocycles. The van der Waals surface area contributed by atoms with E-state index >= 15 is 0 Å². The Balaban J connectivity index is 2.12. The van der Waals surface area contributed by atoms with E-state index < -0.39 is 32.6 Å². The smallest absolute Gasteiger partial charge is 0.329 e. The van der Waals surface area contributed by atoms with Gasteiger partial charge >= 0.3 is 5.69 Å². The van der Waals surface area contributed by atoms with Gasteiger partial charge in [0.1, 0.15) is 17.1 Å². The molecule has 3 N–H and O–H groups in total. The fourth-order valence-corrected chi connectivity index (χ4v) is 4.99. The standard InChI is InChI=1S/C19H24N4O6S/c1-22-17(20)15(18(25)21-19(22)26)16(24)13-11-12(7-8-14(13)29-2)30(27,28)23-9-5-3-4-6-10-23/h7-8,11H,3-6,9-10,20H2,1-2H3,(H,21,25,26). The van der Waals surface area contributed by atoms with Crippen LogP contribution in [0.25, 0.3) is 0 Å². The number of hydrogen-bond acceptors (Lipinski definition) is 7. The molecule has 0 bridgehead atoms. The first-order valence-corrected chi connectivity index (χ1v) is 10.9. The van der Waals surface area contributed by atoms with Gasteiger partial charge in [0, 0.05) is 20.1 Å². The van der Waals surface area contributed by atoms with Crippen LogP contribution in [0.3, 0.4) is 0 Å². The van der Waals surface area contributed by atoms with Crippen molar-refractivity contribution in [2.24, 2.45) is 7.05 Å². The van der Waals surface area contributed by atoms with Gasteiger partial charge in [0.05, 0.1) is 17.6 Å². The van der Waals surface area contributed by atoms with Crippen LogP contribution in [-0.4, -0.2) is 48.3 Å². The molecule has 2 heterocycles. The van der Waals surface area contributed by atoms with Crippen molar-refractivity contribution < 1.29 is 17.9 Å². The maximum absolute atomic E-state index is 13.1. The highest BCUT2D eigenvalue weighted by molar-refractivity contribution is 7.89. The first-order chi connectivity index (χ1) is 14.2. The molecular formula is C19H24N4O6S. The fraction of sp³-hybridized carbons (Fsp3) is 0.421. The number of carbonyl (C=O) groups excluding carboxylic acids is 1. The van der Waals surface area contributed by atoms with Gasteiger partial charge in [-0.25, -0.2) is 13.2 Å². The molecule has 0 saturated carbocycles. The van der Waals surface area contributed by atoms with E-state index in [2.05, 4.69) is 0 Å². The van der Waals surface area contributed by atoms with Gasteiger partial charge in [-0.2, -0.15) is 4.31 Å². The summed E-state index contributed by atoms with van der Waals surface area (Å²) < 4.78 is 33.8. The van der Waals surface area contributed by atoms with Crippen LogP contribution in [0.1, 0.15) is 41.6 Å². The minimum absolute atomic E-state index is 0.0756. The third-order valence-corrected chi connectivity index (χ3v) is 7.11. The van der Waals surface area contributed by atoms with Crippen molar-refractivity contribution in [1.29, 1.82) is 0 Å². The van der Waals surface area contributed by atoms with Gasteiger partial charge < -0.3 is 10.5 Å². The predicted octanol–water partition coefficient (Wildman–Crippen LogP) is 0.460. The minimum Gasteiger partial charge on any atom is -0.496 e. The highest BCUT2D eigenvalue weighted by Gasteiger charge is 2.29. The topological polar surface area (TPSA) is 145 Å². The van der Waals surface area contributed by atoms with Crippen molar-refractivity contribution in [2.45, 2.75) is 30.6 Å². The molecule has 0 amide bonds. The number of nitrogen functional groups attached to an aromatic ring is 1. The number of ether oxygens (including phenoxy) is 1. The second kappa shape index (κ2) is 8.44. The van der Waals surface area contributed by atoms with Crippen LogP contribution in [0.15, 0.2) is 32.7 Å². The van der Waals surface area contributed by atoms with Crippen LogP contribution in [0.4, 0.5) is 5.82 Å². The van der Waals surface area contributed by atoms with Gasteiger partial charge in [0.2, 0.25) is 15.8 Å². The summed E-state index contributed by atoms with van der Waals surface area (Å²) in [6.07, 6.45) is 3.47. The van der Waals surface area contributed by atoms with Crippen LogP contribution < -0.4 is 21.7 Å². The molecule has 162 valence electrons. The van der Waals surface area contributed by atoms with E-state index in [1.54, 1.807) is 0 Å². The summed E-state index contributed by atoms with van der Waals surface area (Å²) >= 11 is 0. The van der Waals surface area contributed by atoms with Crippen molar-refractivity contribution in [3.8, 4) is 5.75 Å². The Kier molecular flexibility index (Phi) is 6.13. The Bertz CT molecular complexity index is 1190. The van der Waals surface area contributed by atoms with Crippen LogP contribution in [0.5, 0.6) is 5.75 Å². The highest BCUT2D eigenvalue weighted by atomic mass is 32.2. The summed E-state index contributed by atoms with van der Waals surface area (Å²) in [5.74, 6) is -1.08. The Hall–Kier alpha value is -2.92. The van der Waals surface area contributed by atoms with Gasteiger partial charge in [-0.1, -0.05) is 12.8 Å². The van der Waals surface area contributed by atoms with E-state index in [-0.39, 0.29) is 22.0 Å². The summed E-state index contributed by atoms with van der Waals surface area (Å²) in [6, 6.07) is 3.92. The fourth-order valence-electron chi connectivity index (χ4n) is 3.45. The molecule has 3 rings (SSSR count). The first kappa shape index (κ1) is 21.8. The lowest BCUT2D eigenvalue weighted by molar-refractivity contribution is 0.103. The van der Waals surface area contributed by atoms with E-state index in [1.807, 2.05) is 4.98 Å². The average Bonchev–Trinajstić information content (AvgIpc) is 3.01. The number of hydrogen-bond donors (Lipinski definition) is 2. The monoisotopic (exact) mass is 436 g/mol. The number of carbonyl (C=O) groups is 1. The molecule has 1 aliphatic heterocycles. The summed E-state index contributed by atoms with van der Waals surface area (Å²) in [7, 11) is -1.20. The van der Waals surface area contributed by atoms with Crippen LogP contribution in [-0.2, 0) is 17.1 Å². The highest BCUT2D eigenvalue weighted by Crippen LogP contribution is 2.28. The number of anilines is 1. The van der Waals surface area contributed by atoms with E-state index in [9.17, 15) is 22.8 Å². The normalized spacial score (nSPS) is 15.5. The quantitative estimate of drug-likeness (QED) is 0.648. The zero-order valence-electron chi connectivity index (χ0n) is 16.8. The predicted molar refractivity (Wildman–Crippen MR) is 110 cm³/mol. The molecule has 1 fully saturated rings. The molecule has 0 atom stereocenters. The second-order valence-electron chi connectivity index (χ2n) is 7.09. The molecule has 0 spiro atoms. The van der Waals surface area contributed by atoms with E-state index in [1.165, 1.54) is 36.7 Å². The molecule has 10 nitrogen and oxygen atoms in total. The molecule has 2 aromatic rings. The number of nitrogens with one attached hydrogen (secondary N) is 1. The van der Waals surface area contributed by atoms with Crippen LogP contribution in [0.2, 0.25) is 0 Å². The maximum Gasteiger partial charge on any atom is 0.329 e. The molecule has 0 radical (unpaired) electrons. The van der Waals surface area contributed by atoms with Gasteiger partial charge in [0.25, 0.3) is 5.56 Å². The number of aromatic amines is 1. The summed E-state index contributed by atoms with van der Waals surface area (Å²) in [5.41, 5.74) is 3.51. The number of benzene rings is 1. The Morgan fingerprint density at radius 3 is 2.37 bits per heavy atom. The number of H-pyrrole nitrogens is 1. The van der Waals surface area contributed by atoms with Gasteiger partial charge in [-0.05, 0) is 31.0 Å². The molecule has 0 unspecified atom stereocenters. The number of aromatic nitrogens is 2. The molecule has 1 aromatic carbocycles. The molecule has 30 heavy (non-hydrogen) atoms. The summed E-state index contributed by atoms with van der Waals surface area (Å²) in [5, 5.41) is 0. The van der Waals surface area contributed by atoms with Crippen LogP contribution >= 0.6 is 0 Å². The van der Waals surface area contributed by atoms with Crippen molar-refractivity contribution in [2.75, 3.05) is 25.9 Å². The number of rotatable bonds is 5. The van der Waals surface area contributed by atoms with Crippen molar-refractivity contribution in [3.63, 3.8) is 0 Å². The number of ketones is 1. The van der Waals surface area contributed by atoms with Crippen molar-refractivity contribution in [3.05, 3.63) is 50.2 Å². The van der Waals surface area contributed by atoms with Gasteiger partial charge in [0.15, 0.2) is 0 Å². The Morgan fingerprint density at radius 2 is 1.77 bits per heavy atom. The SMILES string of the molecule is COc1ccc(S(=O)(=O)N2CCCCCC2)cc1C(=O)c1c(N)n(C)c(=O)[nH]c1=O. The van der Waals surface area contributed by atoms with Gasteiger partial charge in [-0.15, -0.1) is 0 Å². The Labute approximate surface area is 173 Å². The maximum atomic E-state index is 13.1. The molecule has 0 aliphatic carbocycles. The van der Waals surface area contributed by atoms with Gasteiger partial charge in [-0.3, -0.25) is 19.1 Å². The second-order valence-corrected chi connectivity index (χ2v) is 9.03. The van der Waals surface area contributed by atoms with Crippen LogP contribution in [0, 0.1) is 0 Å². The lowest BCUT2D eigenvalue weighted by atomic mass is 10.0. The first-order valence-electron chi connectivity index (χ1n) is 9.50. The zero-order valence-corrected chi connectivity index (χ0v) is 17.6. The largest absolute Gasteiger partial charge is 0.496 e. The molecule has 1 aromatic heterocycles. The van der Waals surface area contributed by atoms with E-state index in [0.717, 1.165) is 30.3 Å². The van der Waals surface area contributed by atoms with Crippen molar-refractivity contribution in [1.82, 2.24) is 13.9 Å². The molecular weight excluding hydrogens is 412 g/mol. The third kappa shape index (κ3) is 3.90. The Morgan fingerprint density at radius 1 is 1.13 bits per heavy atom. The number of nitrogens with two attached hydrogens (primary N) is 1. The zero-order chi connectivity index (χ0) is 22.1. The van der Waals surface area contributed by atoms with E-state index in [0.29, 0.717) is 13.1 Å². The molecule has 1 aliphatic rings. The van der Waals surface area contributed by atoms with Crippen molar-refractivity contribution >= 4 is 21.6 Å².